The predicted molar refractivity (Wildman–Crippen MR) is 79.7 cm³/mol. The third kappa shape index (κ3) is 7.23. The van der Waals surface area contributed by atoms with Crippen molar-refractivity contribution in [1.82, 2.24) is 5.32 Å². The Morgan fingerprint density at radius 3 is 2.80 bits per heavy atom. The highest BCUT2D eigenvalue weighted by Crippen LogP contribution is 2.11. The van der Waals surface area contributed by atoms with Crippen LogP contribution < -0.4 is 10.6 Å². The lowest BCUT2D eigenvalue weighted by atomic mass is 10.2. The molecule has 20 heavy (non-hydrogen) atoms. The Morgan fingerprint density at radius 2 is 2.10 bits per heavy atom. The molecule has 112 valence electrons. The molecule has 1 aromatic rings. The highest BCUT2D eigenvalue weighted by Gasteiger charge is 2.02. The number of hydrogen-bond donors (Lipinski definition) is 2. The standard InChI is InChI=1S/C15H24N2O3/c1-12(2)20-8-7-19-11-13-5-4-6-14(9-13)17-15(18)10-16-3/h4-6,9,12,16H,7-8,10-11H2,1-3H3,(H,17,18). The number of carbonyl (C=O) groups excluding carboxylic acids is 1. The molecule has 0 spiro atoms. The van der Waals surface area contributed by atoms with Gasteiger partial charge in [-0.3, -0.25) is 4.79 Å². The summed E-state index contributed by atoms with van der Waals surface area (Å²) in [6.07, 6.45) is 0.226. The van der Waals surface area contributed by atoms with Crippen LogP contribution in [-0.4, -0.2) is 38.8 Å². The lowest BCUT2D eigenvalue weighted by molar-refractivity contribution is -0.115. The van der Waals surface area contributed by atoms with Crippen molar-refractivity contribution in [2.45, 2.75) is 26.6 Å². The number of amides is 1. The first-order valence-electron chi connectivity index (χ1n) is 6.84. The van der Waals surface area contributed by atoms with E-state index >= 15 is 0 Å². The maximum absolute atomic E-state index is 11.5. The first-order valence-corrected chi connectivity index (χ1v) is 6.84. The second-order valence-electron chi connectivity index (χ2n) is 4.75. The third-order valence-electron chi connectivity index (χ3n) is 2.50. The summed E-state index contributed by atoms with van der Waals surface area (Å²) >= 11 is 0. The molecule has 1 rings (SSSR count). The normalized spacial score (nSPS) is 10.8. The van der Waals surface area contributed by atoms with Gasteiger partial charge < -0.3 is 20.1 Å². The fourth-order valence-electron chi connectivity index (χ4n) is 1.64. The lowest BCUT2D eigenvalue weighted by Crippen LogP contribution is -2.25. The van der Waals surface area contributed by atoms with E-state index < -0.39 is 0 Å². The number of nitrogens with one attached hydrogen (secondary N) is 2. The van der Waals surface area contributed by atoms with Crippen molar-refractivity contribution in [3.05, 3.63) is 29.8 Å². The summed E-state index contributed by atoms with van der Waals surface area (Å²) in [4.78, 5) is 11.5. The first-order chi connectivity index (χ1) is 9.61. The van der Waals surface area contributed by atoms with Crippen molar-refractivity contribution in [3.63, 3.8) is 0 Å². The highest BCUT2D eigenvalue weighted by molar-refractivity contribution is 5.92. The molecule has 1 amide bonds. The Morgan fingerprint density at radius 1 is 1.30 bits per heavy atom. The lowest BCUT2D eigenvalue weighted by Gasteiger charge is -2.09. The van der Waals surface area contributed by atoms with Gasteiger partial charge in [-0.2, -0.15) is 0 Å². The number of hydrogen-bond acceptors (Lipinski definition) is 4. The molecular formula is C15H24N2O3. The molecule has 5 heteroatoms. The van der Waals surface area contributed by atoms with E-state index in [1.54, 1.807) is 7.05 Å². The molecule has 2 N–H and O–H groups in total. The van der Waals surface area contributed by atoms with Crippen LogP contribution in [0, 0.1) is 0 Å². The number of ether oxygens (including phenoxy) is 2. The third-order valence-corrected chi connectivity index (χ3v) is 2.50. The van der Waals surface area contributed by atoms with Crippen molar-refractivity contribution in [1.29, 1.82) is 0 Å². The summed E-state index contributed by atoms with van der Waals surface area (Å²) in [5.41, 5.74) is 1.81. The molecule has 1 aromatic carbocycles. The van der Waals surface area contributed by atoms with Crippen LogP contribution in [0.1, 0.15) is 19.4 Å². The molecular weight excluding hydrogens is 256 g/mol. The molecule has 0 unspecified atom stereocenters. The minimum atomic E-state index is -0.0594. The summed E-state index contributed by atoms with van der Waals surface area (Å²) in [5.74, 6) is -0.0594. The van der Waals surface area contributed by atoms with Crippen LogP contribution in [0.3, 0.4) is 0 Å². The number of benzene rings is 1. The van der Waals surface area contributed by atoms with E-state index in [2.05, 4.69) is 10.6 Å². The zero-order chi connectivity index (χ0) is 14.8. The molecule has 0 fully saturated rings. The Kier molecular flexibility index (Phi) is 7.87. The van der Waals surface area contributed by atoms with Gasteiger partial charge in [0.2, 0.25) is 5.91 Å². The molecule has 0 aliphatic heterocycles. The van der Waals surface area contributed by atoms with Gasteiger partial charge in [-0.15, -0.1) is 0 Å². The molecule has 0 heterocycles. The van der Waals surface area contributed by atoms with Crippen LogP contribution in [0.5, 0.6) is 0 Å². The largest absolute Gasteiger partial charge is 0.376 e. The van der Waals surface area contributed by atoms with Gasteiger partial charge in [0.05, 0.1) is 32.5 Å². The van der Waals surface area contributed by atoms with Crippen molar-refractivity contribution in [3.8, 4) is 0 Å². The summed E-state index contributed by atoms with van der Waals surface area (Å²) in [7, 11) is 1.74. The molecule has 0 aliphatic rings. The number of anilines is 1. The number of likely N-dealkylation sites (N-methyl/N-ethyl adjacent to an activating group) is 1. The molecule has 0 aliphatic carbocycles. The van der Waals surface area contributed by atoms with Gasteiger partial charge in [0, 0.05) is 5.69 Å². The number of rotatable bonds is 9. The van der Waals surface area contributed by atoms with Crippen LogP contribution >= 0.6 is 0 Å². The van der Waals surface area contributed by atoms with Crippen LogP contribution in [0.2, 0.25) is 0 Å². The van der Waals surface area contributed by atoms with Gasteiger partial charge in [0.15, 0.2) is 0 Å². The van der Waals surface area contributed by atoms with Crippen molar-refractivity contribution < 1.29 is 14.3 Å². The zero-order valence-corrected chi connectivity index (χ0v) is 12.4. The van der Waals surface area contributed by atoms with Crippen molar-refractivity contribution >= 4 is 11.6 Å². The average molecular weight is 280 g/mol. The van der Waals surface area contributed by atoms with E-state index in [1.807, 2.05) is 38.1 Å². The summed E-state index contributed by atoms with van der Waals surface area (Å²) in [6, 6.07) is 7.64. The molecule has 5 nitrogen and oxygen atoms in total. The molecule has 0 atom stereocenters. The Labute approximate surface area is 120 Å². The average Bonchev–Trinajstić information content (AvgIpc) is 2.38. The van der Waals surface area contributed by atoms with Gasteiger partial charge >= 0.3 is 0 Å². The fraction of sp³-hybridized carbons (Fsp3) is 0.533. The van der Waals surface area contributed by atoms with Crippen molar-refractivity contribution in [2.75, 3.05) is 32.1 Å². The van der Waals surface area contributed by atoms with E-state index in [0.717, 1.165) is 11.3 Å². The maximum atomic E-state index is 11.5. The molecule has 0 aromatic heterocycles. The highest BCUT2D eigenvalue weighted by atomic mass is 16.5. The summed E-state index contributed by atoms with van der Waals surface area (Å²) in [5, 5.41) is 5.63. The summed E-state index contributed by atoms with van der Waals surface area (Å²) < 4.78 is 10.9. The summed E-state index contributed by atoms with van der Waals surface area (Å²) in [6.45, 7) is 5.96. The van der Waals surface area contributed by atoms with Crippen LogP contribution in [0.25, 0.3) is 0 Å². The van der Waals surface area contributed by atoms with E-state index in [1.165, 1.54) is 0 Å². The van der Waals surface area contributed by atoms with Crippen LogP contribution in [0.4, 0.5) is 5.69 Å². The van der Waals surface area contributed by atoms with E-state index in [-0.39, 0.29) is 12.0 Å². The van der Waals surface area contributed by atoms with E-state index in [4.69, 9.17) is 9.47 Å². The molecule has 0 saturated carbocycles. The molecule has 0 saturated heterocycles. The van der Waals surface area contributed by atoms with Gasteiger partial charge in [0.1, 0.15) is 0 Å². The first kappa shape index (κ1) is 16.6. The Bertz CT molecular complexity index is 408. The van der Waals surface area contributed by atoms with Crippen molar-refractivity contribution in [2.24, 2.45) is 0 Å². The fourth-order valence-corrected chi connectivity index (χ4v) is 1.64. The number of carbonyl (C=O) groups is 1. The topological polar surface area (TPSA) is 59.6 Å². The van der Waals surface area contributed by atoms with E-state index in [0.29, 0.717) is 26.4 Å². The predicted octanol–water partition coefficient (Wildman–Crippen LogP) is 1.79. The molecule has 0 bridgehead atoms. The van der Waals surface area contributed by atoms with Gasteiger partial charge in [-0.25, -0.2) is 0 Å². The van der Waals surface area contributed by atoms with Crippen LogP contribution in [-0.2, 0) is 20.9 Å². The minimum Gasteiger partial charge on any atom is -0.376 e. The smallest absolute Gasteiger partial charge is 0.238 e. The Hall–Kier alpha value is -1.43. The van der Waals surface area contributed by atoms with Gasteiger partial charge in [0.25, 0.3) is 0 Å². The minimum absolute atomic E-state index is 0.0594. The molecule has 0 radical (unpaired) electrons. The van der Waals surface area contributed by atoms with Gasteiger partial charge in [-0.1, -0.05) is 12.1 Å². The zero-order valence-electron chi connectivity index (χ0n) is 12.4. The quantitative estimate of drug-likeness (QED) is 0.677. The monoisotopic (exact) mass is 280 g/mol. The van der Waals surface area contributed by atoms with Crippen LogP contribution in [0.15, 0.2) is 24.3 Å². The Balaban J connectivity index is 2.34. The maximum Gasteiger partial charge on any atom is 0.238 e. The van der Waals surface area contributed by atoms with E-state index in [9.17, 15) is 4.79 Å². The SMILES string of the molecule is CNCC(=O)Nc1cccc(COCCOC(C)C)c1. The second kappa shape index (κ2) is 9.47. The second-order valence-corrected chi connectivity index (χ2v) is 4.75. The van der Waals surface area contributed by atoms with Gasteiger partial charge in [-0.05, 0) is 38.6 Å².